The van der Waals surface area contributed by atoms with Crippen molar-refractivity contribution in [2.45, 2.75) is 64.7 Å². The van der Waals surface area contributed by atoms with E-state index < -0.39 is 12.1 Å². The number of hydrogen-bond acceptors (Lipinski definition) is 5. The van der Waals surface area contributed by atoms with Gasteiger partial charge in [0.25, 0.3) is 0 Å². The average Bonchev–Trinajstić information content (AvgIpc) is 2.64. The van der Waals surface area contributed by atoms with Crippen LogP contribution in [-0.2, 0) is 9.47 Å². The van der Waals surface area contributed by atoms with Crippen molar-refractivity contribution in [3.63, 3.8) is 0 Å². The monoisotopic (exact) mass is 365 g/mol. The fraction of sp³-hybridized carbons (Fsp3) is 0.600. The minimum absolute atomic E-state index is 0.00997. The first-order chi connectivity index (χ1) is 12.6. The van der Waals surface area contributed by atoms with Gasteiger partial charge in [-0.3, -0.25) is 5.32 Å². The predicted molar refractivity (Wildman–Crippen MR) is 102 cm³/mol. The molecule has 0 radical (unpaired) electrons. The van der Waals surface area contributed by atoms with Gasteiger partial charge in [-0.25, -0.2) is 9.59 Å². The predicted octanol–water partition coefficient (Wildman–Crippen LogP) is 5.26. The Hall–Kier alpha value is -2.24. The van der Waals surface area contributed by atoms with Crippen molar-refractivity contribution < 1.29 is 24.2 Å². The summed E-state index contributed by atoms with van der Waals surface area (Å²) < 4.78 is 9.71. The van der Waals surface area contributed by atoms with Crippen LogP contribution in [0.1, 0.15) is 75.1 Å². The number of carbonyl (C=O) groups is 2. The van der Waals surface area contributed by atoms with E-state index in [1.165, 1.54) is 63.8 Å². The number of benzene rings is 1. The largest absolute Gasteiger partial charge is 0.507 e. The SMILES string of the molecule is CCCCCCCCCCCOC(=O)Nc1ccc(O)c(C(=O)OC)c1. The second-order valence-corrected chi connectivity index (χ2v) is 6.31. The fourth-order valence-corrected chi connectivity index (χ4v) is 2.62. The van der Waals surface area contributed by atoms with E-state index in [-0.39, 0.29) is 11.3 Å². The molecule has 1 rings (SSSR count). The minimum Gasteiger partial charge on any atom is -0.507 e. The van der Waals surface area contributed by atoms with E-state index in [1.54, 1.807) is 0 Å². The molecule has 1 amide bonds. The van der Waals surface area contributed by atoms with E-state index in [4.69, 9.17) is 4.74 Å². The Morgan fingerprint density at radius 2 is 1.62 bits per heavy atom. The average molecular weight is 365 g/mol. The minimum atomic E-state index is -0.672. The highest BCUT2D eigenvalue weighted by molar-refractivity contribution is 5.95. The summed E-state index contributed by atoms with van der Waals surface area (Å²) in [4.78, 5) is 23.3. The lowest BCUT2D eigenvalue weighted by Gasteiger charge is -2.09. The van der Waals surface area contributed by atoms with Crippen LogP contribution < -0.4 is 5.32 Å². The standard InChI is InChI=1S/C20H31NO5/c1-3-4-5-6-7-8-9-10-11-14-26-20(24)21-16-12-13-18(22)17(15-16)19(23)25-2/h12-13,15,22H,3-11,14H2,1-2H3,(H,21,24). The second kappa shape index (κ2) is 13.0. The van der Waals surface area contributed by atoms with Gasteiger partial charge in [-0.1, -0.05) is 58.3 Å². The summed E-state index contributed by atoms with van der Waals surface area (Å²) in [5.74, 6) is -0.875. The molecule has 0 atom stereocenters. The van der Waals surface area contributed by atoms with Crippen LogP contribution in [0.4, 0.5) is 10.5 Å². The number of esters is 1. The van der Waals surface area contributed by atoms with Crippen LogP contribution >= 0.6 is 0 Å². The molecule has 2 N–H and O–H groups in total. The second-order valence-electron chi connectivity index (χ2n) is 6.31. The van der Waals surface area contributed by atoms with Gasteiger partial charge in [0.2, 0.25) is 0 Å². The molecule has 0 aliphatic rings. The molecule has 0 saturated heterocycles. The van der Waals surface area contributed by atoms with Crippen molar-refractivity contribution in [1.82, 2.24) is 0 Å². The van der Waals surface area contributed by atoms with E-state index >= 15 is 0 Å². The highest BCUT2D eigenvalue weighted by atomic mass is 16.5. The zero-order valence-corrected chi connectivity index (χ0v) is 15.9. The summed E-state index contributed by atoms with van der Waals surface area (Å²) in [6.07, 6.45) is 10.2. The van der Waals surface area contributed by atoms with E-state index in [0.29, 0.717) is 12.3 Å². The van der Waals surface area contributed by atoms with Crippen molar-refractivity contribution in [2.75, 3.05) is 19.0 Å². The molecular weight excluding hydrogens is 334 g/mol. The molecule has 0 heterocycles. The quantitative estimate of drug-likeness (QED) is 0.300. The van der Waals surface area contributed by atoms with Crippen LogP contribution in [0.15, 0.2) is 18.2 Å². The van der Waals surface area contributed by atoms with Gasteiger partial charge in [-0.2, -0.15) is 0 Å². The summed E-state index contributed by atoms with van der Waals surface area (Å²) in [5, 5.41) is 12.2. The molecular formula is C20H31NO5. The summed E-state index contributed by atoms with van der Waals surface area (Å²) in [6, 6.07) is 4.16. The first kappa shape index (κ1) is 21.8. The Balaban J connectivity index is 2.18. The van der Waals surface area contributed by atoms with E-state index in [0.717, 1.165) is 19.3 Å². The summed E-state index contributed by atoms with van der Waals surface area (Å²) in [5.41, 5.74) is 0.351. The van der Waals surface area contributed by atoms with Crippen LogP contribution in [0.3, 0.4) is 0 Å². The first-order valence-electron chi connectivity index (χ1n) is 9.43. The van der Waals surface area contributed by atoms with Crippen molar-refractivity contribution in [1.29, 1.82) is 0 Å². The molecule has 0 spiro atoms. The zero-order chi connectivity index (χ0) is 19.2. The molecule has 0 saturated carbocycles. The normalized spacial score (nSPS) is 10.4. The number of carbonyl (C=O) groups excluding carboxylic acids is 2. The van der Waals surface area contributed by atoms with Crippen molar-refractivity contribution in [3.05, 3.63) is 23.8 Å². The molecule has 1 aromatic rings. The molecule has 0 fully saturated rings. The van der Waals surface area contributed by atoms with Gasteiger partial charge in [-0.15, -0.1) is 0 Å². The number of phenolic OH excluding ortho intramolecular Hbond substituents is 1. The van der Waals surface area contributed by atoms with Crippen LogP contribution in [-0.4, -0.2) is 30.9 Å². The Morgan fingerprint density at radius 3 is 2.23 bits per heavy atom. The highest BCUT2D eigenvalue weighted by Gasteiger charge is 2.13. The molecule has 0 bridgehead atoms. The Labute approximate surface area is 155 Å². The summed E-state index contributed by atoms with van der Waals surface area (Å²) in [7, 11) is 1.22. The zero-order valence-electron chi connectivity index (χ0n) is 15.9. The Bertz CT molecular complexity index is 559. The third-order valence-corrected chi connectivity index (χ3v) is 4.13. The fourth-order valence-electron chi connectivity index (χ4n) is 2.62. The molecule has 146 valence electrons. The van der Waals surface area contributed by atoms with Gasteiger partial charge in [0.05, 0.1) is 13.7 Å². The molecule has 6 nitrogen and oxygen atoms in total. The molecule has 26 heavy (non-hydrogen) atoms. The molecule has 1 aromatic carbocycles. The van der Waals surface area contributed by atoms with Gasteiger partial charge in [-0.05, 0) is 24.6 Å². The maximum absolute atomic E-state index is 11.8. The van der Waals surface area contributed by atoms with Crippen LogP contribution in [0, 0.1) is 0 Å². The third kappa shape index (κ3) is 8.74. The lowest BCUT2D eigenvalue weighted by molar-refractivity contribution is 0.0597. The Morgan fingerprint density at radius 1 is 1.00 bits per heavy atom. The maximum atomic E-state index is 11.8. The van der Waals surface area contributed by atoms with Crippen LogP contribution in [0.5, 0.6) is 5.75 Å². The molecule has 0 aliphatic heterocycles. The molecule has 6 heteroatoms. The molecule has 0 aromatic heterocycles. The van der Waals surface area contributed by atoms with Crippen LogP contribution in [0.25, 0.3) is 0 Å². The summed E-state index contributed by atoms with van der Waals surface area (Å²) in [6.45, 7) is 2.58. The lowest BCUT2D eigenvalue weighted by Crippen LogP contribution is -2.15. The van der Waals surface area contributed by atoms with E-state index in [2.05, 4.69) is 17.0 Å². The topological polar surface area (TPSA) is 84.9 Å². The van der Waals surface area contributed by atoms with Crippen molar-refractivity contribution in [3.8, 4) is 5.75 Å². The number of methoxy groups -OCH3 is 1. The molecule has 0 unspecified atom stereocenters. The number of rotatable bonds is 12. The van der Waals surface area contributed by atoms with E-state index in [9.17, 15) is 14.7 Å². The molecule has 0 aliphatic carbocycles. The van der Waals surface area contributed by atoms with Crippen LogP contribution in [0.2, 0.25) is 0 Å². The number of phenols is 1. The number of hydrogen-bond donors (Lipinski definition) is 2. The third-order valence-electron chi connectivity index (χ3n) is 4.13. The Kier molecular flexibility index (Phi) is 10.9. The van der Waals surface area contributed by atoms with Gasteiger partial charge >= 0.3 is 12.1 Å². The van der Waals surface area contributed by atoms with Gasteiger partial charge in [0.15, 0.2) is 0 Å². The van der Waals surface area contributed by atoms with Gasteiger partial charge in [0.1, 0.15) is 11.3 Å². The number of ether oxygens (including phenoxy) is 2. The number of anilines is 1. The van der Waals surface area contributed by atoms with Gasteiger partial charge in [0, 0.05) is 5.69 Å². The maximum Gasteiger partial charge on any atom is 0.411 e. The number of nitrogens with one attached hydrogen (secondary N) is 1. The number of unbranched alkanes of at least 4 members (excludes halogenated alkanes) is 8. The first-order valence-corrected chi connectivity index (χ1v) is 9.43. The number of aromatic hydroxyl groups is 1. The van der Waals surface area contributed by atoms with Crippen molar-refractivity contribution >= 4 is 17.7 Å². The van der Waals surface area contributed by atoms with E-state index in [1.807, 2.05) is 0 Å². The smallest absolute Gasteiger partial charge is 0.411 e. The number of amides is 1. The highest BCUT2D eigenvalue weighted by Crippen LogP contribution is 2.22. The summed E-state index contributed by atoms with van der Waals surface area (Å²) >= 11 is 0. The van der Waals surface area contributed by atoms with Crippen molar-refractivity contribution in [2.24, 2.45) is 0 Å². The van der Waals surface area contributed by atoms with Gasteiger partial charge < -0.3 is 14.6 Å². The lowest BCUT2D eigenvalue weighted by atomic mass is 10.1.